The van der Waals surface area contributed by atoms with Crippen LogP contribution in [0.4, 0.5) is 0 Å². The molecular formula is C12H20O. The van der Waals surface area contributed by atoms with E-state index in [0.29, 0.717) is 5.92 Å². The van der Waals surface area contributed by atoms with Crippen LogP contribution in [0.5, 0.6) is 0 Å². The molecule has 1 nitrogen and oxygen atoms in total. The van der Waals surface area contributed by atoms with E-state index in [1.165, 1.54) is 24.0 Å². The largest absolute Gasteiger partial charge is 0.388 e. The van der Waals surface area contributed by atoms with Crippen molar-refractivity contribution in [3.63, 3.8) is 0 Å². The number of rotatable bonds is 3. The summed E-state index contributed by atoms with van der Waals surface area (Å²) in [5.74, 6) is 0.297. The molecule has 2 atom stereocenters. The van der Waals surface area contributed by atoms with Crippen LogP contribution in [0.15, 0.2) is 23.3 Å². The fourth-order valence-electron chi connectivity index (χ4n) is 1.64. The van der Waals surface area contributed by atoms with Gasteiger partial charge in [0.2, 0.25) is 0 Å². The number of aliphatic hydroxyl groups is 1. The normalized spacial score (nSPS) is 28.3. The highest BCUT2D eigenvalue weighted by Gasteiger charge is 2.18. The molecule has 0 saturated carbocycles. The molecule has 0 fully saturated rings. The Balaban J connectivity index is 2.61. The second-order valence-corrected chi connectivity index (χ2v) is 4.01. The fraction of sp³-hybridized carbons (Fsp3) is 0.667. The molecule has 0 radical (unpaired) electrons. The van der Waals surface area contributed by atoms with Crippen LogP contribution < -0.4 is 0 Å². The Bertz CT molecular complexity index is 225. The average molecular weight is 180 g/mol. The first kappa shape index (κ1) is 10.5. The summed E-state index contributed by atoms with van der Waals surface area (Å²) in [5.41, 5.74) is 2.62. The number of hydrogen-bond acceptors (Lipinski definition) is 1. The highest BCUT2D eigenvalue weighted by atomic mass is 16.3. The zero-order valence-electron chi connectivity index (χ0n) is 8.88. The van der Waals surface area contributed by atoms with Gasteiger partial charge >= 0.3 is 0 Å². The highest BCUT2D eigenvalue weighted by Crippen LogP contribution is 2.25. The summed E-state index contributed by atoms with van der Waals surface area (Å²) in [6.45, 7) is 6.37. The number of allylic oxidation sites excluding steroid dienone is 2. The van der Waals surface area contributed by atoms with Crippen molar-refractivity contribution in [3.05, 3.63) is 23.3 Å². The minimum absolute atomic E-state index is 0.267. The monoisotopic (exact) mass is 180 g/mol. The summed E-state index contributed by atoms with van der Waals surface area (Å²) >= 11 is 0. The van der Waals surface area contributed by atoms with Gasteiger partial charge in [-0.15, -0.1) is 0 Å². The van der Waals surface area contributed by atoms with Gasteiger partial charge in [0.25, 0.3) is 0 Å². The van der Waals surface area contributed by atoms with Crippen LogP contribution >= 0.6 is 0 Å². The lowest BCUT2D eigenvalue weighted by Gasteiger charge is -2.22. The van der Waals surface area contributed by atoms with Crippen molar-refractivity contribution in [2.45, 2.75) is 46.1 Å². The summed E-state index contributed by atoms with van der Waals surface area (Å²) in [5, 5.41) is 9.70. The van der Waals surface area contributed by atoms with Gasteiger partial charge in [-0.25, -0.2) is 0 Å². The maximum Gasteiger partial charge on any atom is 0.0789 e. The van der Waals surface area contributed by atoms with Gasteiger partial charge in [-0.1, -0.05) is 38.0 Å². The molecule has 1 heteroatoms. The molecular weight excluding hydrogens is 160 g/mol. The SMILES string of the molecule is CCCCC1=CC(O)C(C)C(C)=C1. The van der Waals surface area contributed by atoms with Gasteiger partial charge in [-0.2, -0.15) is 0 Å². The number of aliphatic hydroxyl groups excluding tert-OH is 1. The van der Waals surface area contributed by atoms with Crippen molar-refractivity contribution in [2.24, 2.45) is 5.92 Å². The first-order valence-electron chi connectivity index (χ1n) is 5.22. The Kier molecular flexibility index (Phi) is 3.73. The van der Waals surface area contributed by atoms with Gasteiger partial charge in [-0.05, 0) is 25.3 Å². The first-order valence-corrected chi connectivity index (χ1v) is 5.22. The van der Waals surface area contributed by atoms with E-state index in [1.54, 1.807) is 0 Å². The topological polar surface area (TPSA) is 20.2 Å². The van der Waals surface area contributed by atoms with E-state index in [1.807, 2.05) is 6.08 Å². The van der Waals surface area contributed by atoms with E-state index in [0.717, 1.165) is 6.42 Å². The van der Waals surface area contributed by atoms with E-state index >= 15 is 0 Å². The zero-order valence-corrected chi connectivity index (χ0v) is 8.88. The van der Waals surface area contributed by atoms with Crippen LogP contribution in [0, 0.1) is 5.92 Å². The Morgan fingerprint density at radius 1 is 1.46 bits per heavy atom. The Morgan fingerprint density at radius 2 is 2.15 bits per heavy atom. The molecule has 1 N–H and O–H groups in total. The third kappa shape index (κ3) is 2.70. The molecule has 1 rings (SSSR count). The van der Waals surface area contributed by atoms with Crippen LogP contribution in [0.3, 0.4) is 0 Å². The third-order valence-corrected chi connectivity index (χ3v) is 2.85. The molecule has 0 aromatic rings. The summed E-state index contributed by atoms with van der Waals surface area (Å²) in [6.07, 6.45) is 7.52. The summed E-state index contributed by atoms with van der Waals surface area (Å²) in [6, 6.07) is 0. The van der Waals surface area contributed by atoms with Crippen molar-refractivity contribution in [1.82, 2.24) is 0 Å². The zero-order chi connectivity index (χ0) is 9.84. The van der Waals surface area contributed by atoms with E-state index in [-0.39, 0.29) is 6.10 Å². The van der Waals surface area contributed by atoms with E-state index in [2.05, 4.69) is 26.8 Å². The Hall–Kier alpha value is -0.560. The molecule has 0 saturated heterocycles. The van der Waals surface area contributed by atoms with Crippen molar-refractivity contribution >= 4 is 0 Å². The smallest absolute Gasteiger partial charge is 0.0789 e. The van der Waals surface area contributed by atoms with Gasteiger partial charge in [0.05, 0.1) is 6.10 Å². The van der Waals surface area contributed by atoms with Crippen LogP contribution in [-0.2, 0) is 0 Å². The molecule has 0 bridgehead atoms. The molecule has 74 valence electrons. The minimum Gasteiger partial charge on any atom is -0.388 e. The predicted molar refractivity (Wildman–Crippen MR) is 56.5 cm³/mol. The molecule has 0 heterocycles. The van der Waals surface area contributed by atoms with Crippen molar-refractivity contribution in [3.8, 4) is 0 Å². The van der Waals surface area contributed by atoms with Crippen molar-refractivity contribution in [1.29, 1.82) is 0 Å². The molecule has 0 aliphatic heterocycles. The lowest BCUT2D eigenvalue weighted by atomic mass is 9.87. The van der Waals surface area contributed by atoms with E-state index in [4.69, 9.17) is 0 Å². The molecule has 2 unspecified atom stereocenters. The first-order chi connectivity index (χ1) is 6.15. The van der Waals surface area contributed by atoms with Gasteiger partial charge in [-0.3, -0.25) is 0 Å². The molecule has 1 aliphatic rings. The number of hydrogen-bond donors (Lipinski definition) is 1. The lowest BCUT2D eigenvalue weighted by Crippen LogP contribution is -2.19. The maximum absolute atomic E-state index is 9.70. The molecule has 13 heavy (non-hydrogen) atoms. The molecule has 0 aromatic carbocycles. The lowest BCUT2D eigenvalue weighted by molar-refractivity contribution is 0.176. The quantitative estimate of drug-likeness (QED) is 0.707. The average Bonchev–Trinajstić information content (AvgIpc) is 2.10. The molecule has 0 amide bonds. The van der Waals surface area contributed by atoms with Crippen molar-refractivity contribution in [2.75, 3.05) is 0 Å². The van der Waals surface area contributed by atoms with Crippen LogP contribution in [0.2, 0.25) is 0 Å². The van der Waals surface area contributed by atoms with E-state index < -0.39 is 0 Å². The van der Waals surface area contributed by atoms with Crippen LogP contribution in [-0.4, -0.2) is 11.2 Å². The van der Waals surface area contributed by atoms with Crippen molar-refractivity contribution < 1.29 is 5.11 Å². The van der Waals surface area contributed by atoms with Gasteiger partial charge in [0, 0.05) is 5.92 Å². The predicted octanol–water partition coefficient (Wildman–Crippen LogP) is 3.06. The van der Waals surface area contributed by atoms with E-state index in [9.17, 15) is 5.11 Å². The second kappa shape index (κ2) is 4.61. The summed E-state index contributed by atoms with van der Waals surface area (Å²) in [7, 11) is 0. The fourth-order valence-corrected chi connectivity index (χ4v) is 1.64. The maximum atomic E-state index is 9.70. The Morgan fingerprint density at radius 3 is 2.69 bits per heavy atom. The van der Waals surface area contributed by atoms with Crippen LogP contribution in [0.25, 0.3) is 0 Å². The molecule has 0 spiro atoms. The van der Waals surface area contributed by atoms with Crippen LogP contribution in [0.1, 0.15) is 40.0 Å². The minimum atomic E-state index is -0.267. The summed E-state index contributed by atoms with van der Waals surface area (Å²) in [4.78, 5) is 0. The summed E-state index contributed by atoms with van der Waals surface area (Å²) < 4.78 is 0. The second-order valence-electron chi connectivity index (χ2n) is 4.01. The molecule has 1 aliphatic carbocycles. The third-order valence-electron chi connectivity index (χ3n) is 2.85. The van der Waals surface area contributed by atoms with Gasteiger partial charge in [0.1, 0.15) is 0 Å². The highest BCUT2D eigenvalue weighted by molar-refractivity contribution is 5.30. The van der Waals surface area contributed by atoms with Gasteiger partial charge < -0.3 is 5.11 Å². The standard InChI is InChI=1S/C12H20O/c1-4-5-6-11-7-9(2)10(3)12(13)8-11/h7-8,10,12-13H,4-6H2,1-3H3. The Labute approximate surface area is 81.2 Å². The number of unbranched alkanes of at least 4 members (excludes halogenated alkanes) is 1. The molecule has 0 aromatic heterocycles. The van der Waals surface area contributed by atoms with Gasteiger partial charge in [0.15, 0.2) is 0 Å².